The molecule has 0 radical (unpaired) electrons. The molecule has 2 rings (SSSR count). The van der Waals surface area contributed by atoms with Gasteiger partial charge in [0.05, 0.1) is 5.52 Å². The van der Waals surface area contributed by atoms with Crippen molar-refractivity contribution in [2.24, 2.45) is 0 Å². The first-order valence-corrected chi connectivity index (χ1v) is 5.95. The van der Waals surface area contributed by atoms with E-state index in [2.05, 4.69) is 16.4 Å². The summed E-state index contributed by atoms with van der Waals surface area (Å²) in [6.45, 7) is 0.956. The number of aromatic nitrogens is 1. The first-order valence-electron chi connectivity index (χ1n) is 5.18. The smallest absolute Gasteiger partial charge is 0.0714 e. The van der Waals surface area contributed by atoms with Crippen molar-refractivity contribution in [1.82, 2.24) is 10.3 Å². The number of nitrogens with zero attached hydrogens (tertiary/aromatic N) is 1. The van der Waals surface area contributed by atoms with Crippen LogP contribution < -0.4 is 5.32 Å². The van der Waals surface area contributed by atoms with Crippen LogP contribution in [-0.2, 0) is 6.42 Å². The van der Waals surface area contributed by atoms with E-state index in [9.17, 15) is 0 Å². The molecule has 0 aliphatic rings. The van der Waals surface area contributed by atoms with Crippen LogP contribution in [0.5, 0.6) is 0 Å². The minimum Gasteiger partial charge on any atom is -0.325 e. The van der Waals surface area contributed by atoms with Crippen LogP contribution in [0, 0.1) is 0 Å². The molecule has 1 heterocycles. The van der Waals surface area contributed by atoms with Gasteiger partial charge in [-0.25, -0.2) is 0 Å². The maximum absolute atomic E-state index is 8.95. The van der Waals surface area contributed by atoms with E-state index in [4.69, 9.17) is 4.55 Å². The van der Waals surface area contributed by atoms with E-state index >= 15 is 0 Å². The lowest BCUT2D eigenvalue weighted by molar-refractivity contribution is 0.664. The number of fused-ring (bicyclic) bond motifs is 1. The lowest BCUT2D eigenvalue weighted by Gasteiger charge is -2.03. The van der Waals surface area contributed by atoms with Crippen molar-refractivity contribution >= 4 is 22.9 Å². The lowest BCUT2D eigenvalue weighted by Crippen LogP contribution is -2.10. The monoisotopic (exact) mass is 234 g/mol. The van der Waals surface area contributed by atoms with Gasteiger partial charge in [-0.15, -0.1) is 0 Å². The SMILES string of the molecule is CNCCc1cnc2cc(SO)ccc2c1. The Balaban J connectivity index is 2.32. The molecule has 0 aliphatic heterocycles. The van der Waals surface area contributed by atoms with Crippen LogP contribution in [0.1, 0.15) is 5.56 Å². The summed E-state index contributed by atoms with van der Waals surface area (Å²) in [4.78, 5) is 5.21. The van der Waals surface area contributed by atoms with E-state index in [0.29, 0.717) is 0 Å². The molecule has 0 bridgehead atoms. The Kier molecular flexibility index (Phi) is 3.77. The Bertz CT molecular complexity index is 487. The molecule has 0 spiro atoms. The lowest BCUT2D eigenvalue weighted by atomic mass is 10.1. The number of hydrogen-bond donors (Lipinski definition) is 2. The molecule has 2 aromatic rings. The first kappa shape index (κ1) is 11.4. The van der Waals surface area contributed by atoms with Crippen LogP contribution in [0.2, 0.25) is 0 Å². The summed E-state index contributed by atoms with van der Waals surface area (Å²) >= 11 is 0.752. The highest BCUT2D eigenvalue weighted by molar-refractivity contribution is 7.93. The molecule has 1 aromatic carbocycles. The Morgan fingerprint density at radius 3 is 3.00 bits per heavy atom. The topological polar surface area (TPSA) is 45.2 Å². The fraction of sp³-hybridized carbons (Fsp3) is 0.250. The second-order valence-corrected chi connectivity index (χ2v) is 4.30. The number of nitrogens with one attached hydrogen (secondary N) is 1. The summed E-state index contributed by atoms with van der Waals surface area (Å²) in [5.41, 5.74) is 2.15. The van der Waals surface area contributed by atoms with Crippen LogP contribution in [0.3, 0.4) is 0 Å². The molecule has 0 atom stereocenters. The molecule has 3 nitrogen and oxygen atoms in total. The van der Waals surface area contributed by atoms with Crippen molar-refractivity contribution in [3.63, 3.8) is 0 Å². The Hall–Kier alpha value is -1.10. The fourth-order valence-corrected chi connectivity index (χ4v) is 1.90. The third-order valence-electron chi connectivity index (χ3n) is 2.48. The van der Waals surface area contributed by atoms with Crippen molar-refractivity contribution in [2.45, 2.75) is 11.3 Å². The average molecular weight is 234 g/mol. The van der Waals surface area contributed by atoms with Crippen molar-refractivity contribution in [3.8, 4) is 0 Å². The molecule has 1 aromatic heterocycles. The van der Waals surface area contributed by atoms with Crippen LogP contribution in [-0.4, -0.2) is 23.1 Å². The van der Waals surface area contributed by atoms with E-state index < -0.39 is 0 Å². The third kappa shape index (κ3) is 2.52. The molecule has 2 N–H and O–H groups in total. The van der Waals surface area contributed by atoms with Gasteiger partial charge in [-0.05, 0) is 43.8 Å². The van der Waals surface area contributed by atoms with Crippen LogP contribution in [0.25, 0.3) is 10.9 Å². The summed E-state index contributed by atoms with van der Waals surface area (Å²) in [6, 6.07) is 7.92. The van der Waals surface area contributed by atoms with E-state index in [-0.39, 0.29) is 0 Å². The van der Waals surface area contributed by atoms with Gasteiger partial charge >= 0.3 is 0 Å². The summed E-state index contributed by atoms with van der Waals surface area (Å²) in [5.74, 6) is 0. The normalized spacial score (nSPS) is 10.9. The first-order chi connectivity index (χ1) is 7.83. The number of benzene rings is 1. The quantitative estimate of drug-likeness (QED) is 0.798. The minimum atomic E-state index is 0.752. The Labute approximate surface area is 99.1 Å². The van der Waals surface area contributed by atoms with Crippen LogP contribution in [0.4, 0.5) is 0 Å². The molecular formula is C12H14N2OS. The Morgan fingerprint density at radius 1 is 1.38 bits per heavy atom. The van der Waals surface area contributed by atoms with Crippen molar-refractivity contribution in [2.75, 3.05) is 13.6 Å². The van der Waals surface area contributed by atoms with Gasteiger partial charge in [-0.1, -0.05) is 6.07 Å². The maximum atomic E-state index is 8.95. The molecule has 0 amide bonds. The van der Waals surface area contributed by atoms with Crippen LogP contribution in [0.15, 0.2) is 35.4 Å². The number of hydrogen-bond acceptors (Lipinski definition) is 4. The number of rotatable bonds is 4. The van der Waals surface area contributed by atoms with Gasteiger partial charge in [0.25, 0.3) is 0 Å². The van der Waals surface area contributed by atoms with Gasteiger partial charge < -0.3 is 9.87 Å². The van der Waals surface area contributed by atoms with Gasteiger partial charge in [-0.2, -0.15) is 0 Å². The molecule has 0 saturated heterocycles. The average Bonchev–Trinajstić information content (AvgIpc) is 2.35. The van der Waals surface area contributed by atoms with E-state index in [0.717, 1.165) is 40.8 Å². The number of pyridine rings is 1. The molecule has 16 heavy (non-hydrogen) atoms. The van der Waals surface area contributed by atoms with Crippen LogP contribution >= 0.6 is 12.0 Å². The largest absolute Gasteiger partial charge is 0.325 e. The zero-order valence-electron chi connectivity index (χ0n) is 9.10. The summed E-state index contributed by atoms with van der Waals surface area (Å²) in [6.07, 6.45) is 2.88. The number of likely N-dealkylation sites (N-methyl/N-ethyl adjacent to an activating group) is 1. The van der Waals surface area contributed by atoms with E-state index in [1.165, 1.54) is 5.56 Å². The zero-order valence-corrected chi connectivity index (χ0v) is 9.92. The van der Waals surface area contributed by atoms with E-state index in [1.54, 1.807) is 0 Å². The predicted molar refractivity (Wildman–Crippen MR) is 67.9 cm³/mol. The third-order valence-corrected chi connectivity index (χ3v) is 2.95. The molecule has 0 aliphatic carbocycles. The summed E-state index contributed by atoms with van der Waals surface area (Å²) < 4.78 is 8.95. The maximum Gasteiger partial charge on any atom is 0.0714 e. The zero-order chi connectivity index (χ0) is 11.4. The second kappa shape index (κ2) is 5.30. The van der Waals surface area contributed by atoms with Gasteiger partial charge in [-0.3, -0.25) is 4.98 Å². The fourth-order valence-electron chi connectivity index (χ4n) is 1.61. The molecule has 0 fully saturated rings. The molecule has 84 valence electrons. The highest BCUT2D eigenvalue weighted by Gasteiger charge is 2.00. The Morgan fingerprint density at radius 2 is 2.25 bits per heavy atom. The van der Waals surface area contributed by atoms with Crippen molar-refractivity contribution in [3.05, 3.63) is 36.0 Å². The standard InChI is InChI=1S/C12H14N2OS/c1-13-5-4-9-6-10-2-3-11(16-15)7-12(10)14-8-9/h2-3,6-8,13,15H,4-5H2,1H3. The highest BCUT2D eigenvalue weighted by atomic mass is 32.2. The van der Waals surface area contributed by atoms with E-state index in [1.807, 2.05) is 31.4 Å². The minimum absolute atomic E-state index is 0.752. The summed E-state index contributed by atoms with van der Waals surface area (Å²) in [5, 5.41) is 4.24. The predicted octanol–water partition coefficient (Wildman–Crippen LogP) is 2.56. The van der Waals surface area contributed by atoms with Crippen molar-refractivity contribution in [1.29, 1.82) is 0 Å². The van der Waals surface area contributed by atoms with Crippen molar-refractivity contribution < 1.29 is 4.55 Å². The molecule has 0 unspecified atom stereocenters. The van der Waals surface area contributed by atoms with Gasteiger partial charge in [0.1, 0.15) is 0 Å². The van der Waals surface area contributed by atoms with Gasteiger partial charge in [0, 0.05) is 28.5 Å². The molecular weight excluding hydrogens is 220 g/mol. The highest BCUT2D eigenvalue weighted by Crippen LogP contribution is 2.20. The van der Waals surface area contributed by atoms with Gasteiger partial charge in [0.15, 0.2) is 0 Å². The molecule has 0 saturated carbocycles. The second-order valence-electron chi connectivity index (χ2n) is 3.64. The summed E-state index contributed by atoms with van der Waals surface area (Å²) in [7, 11) is 1.94. The molecule has 4 heteroatoms. The van der Waals surface area contributed by atoms with Gasteiger partial charge in [0.2, 0.25) is 0 Å².